The largest absolute Gasteiger partial charge is 0.461 e. The average molecular weight is 150 g/mol. The first kappa shape index (κ1) is 7.72. The lowest BCUT2D eigenvalue weighted by Crippen LogP contribution is -2.05. The summed E-state index contributed by atoms with van der Waals surface area (Å²) in [5.41, 5.74) is 0.325. The lowest BCUT2D eigenvalue weighted by molar-refractivity contribution is 0.0519. The summed E-state index contributed by atoms with van der Waals surface area (Å²) < 4.78 is 4.71. The van der Waals surface area contributed by atoms with E-state index in [9.17, 15) is 4.79 Å². The molecule has 0 spiro atoms. The van der Waals surface area contributed by atoms with Gasteiger partial charge in [-0.3, -0.25) is 0 Å². The number of ether oxygens (including phenoxy) is 1. The molecule has 0 atom stereocenters. The second-order valence-electron chi connectivity index (χ2n) is 1.86. The summed E-state index contributed by atoms with van der Waals surface area (Å²) in [5, 5.41) is 0. The zero-order valence-electron chi connectivity index (χ0n) is 6.20. The molecule has 1 rings (SSSR count). The molecular weight excluding hydrogens is 142 g/mol. The van der Waals surface area contributed by atoms with E-state index in [-0.39, 0.29) is 5.97 Å². The maximum atomic E-state index is 10.9. The van der Waals surface area contributed by atoms with Crippen LogP contribution in [-0.4, -0.2) is 17.6 Å². The summed E-state index contributed by atoms with van der Waals surface area (Å²) in [6.07, 6.45) is 1.44. The van der Waals surface area contributed by atoms with E-state index in [1.807, 2.05) is 0 Å². The Kier molecular flexibility index (Phi) is 2.60. The van der Waals surface area contributed by atoms with Gasteiger partial charge in [0.2, 0.25) is 0 Å². The molecule has 0 amide bonds. The fraction of sp³-hybridized carbons (Fsp3) is 0.250. The first-order valence-corrected chi connectivity index (χ1v) is 3.34. The minimum Gasteiger partial charge on any atom is -0.461 e. The smallest absolute Gasteiger partial charge is 0.356 e. The molecule has 3 heteroatoms. The third-order valence-electron chi connectivity index (χ3n) is 1.10. The third-order valence-corrected chi connectivity index (χ3v) is 1.10. The van der Waals surface area contributed by atoms with Crippen LogP contribution in [0.5, 0.6) is 0 Å². The molecule has 0 aliphatic rings. The fourth-order valence-corrected chi connectivity index (χ4v) is 0.646. The summed E-state index contributed by atoms with van der Waals surface area (Å²) in [6.45, 7) is 2.13. The van der Waals surface area contributed by atoms with Crippen LogP contribution >= 0.6 is 0 Å². The maximum Gasteiger partial charge on any atom is 0.356 e. The number of rotatable bonds is 2. The van der Waals surface area contributed by atoms with E-state index in [2.05, 4.69) is 11.1 Å². The number of aromatic nitrogens is 1. The van der Waals surface area contributed by atoms with Gasteiger partial charge in [-0.25, -0.2) is 9.78 Å². The van der Waals surface area contributed by atoms with Crippen molar-refractivity contribution in [2.75, 3.05) is 6.61 Å². The molecule has 0 aliphatic heterocycles. The maximum absolute atomic E-state index is 10.9. The van der Waals surface area contributed by atoms with E-state index in [0.717, 1.165) is 0 Å². The van der Waals surface area contributed by atoms with Crippen molar-refractivity contribution in [2.24, 2.45) is 0 Å². The van der Waals surface area contributed by atoms with E-state index >= 15 is 0 Å². The van der Waals surface area contributed by atoms with Crippen LogP contribution in [-0.2, 0) is 4.74 Å². The molecule has 0 saturated carbocycles. The van der Waals surface area contributed by atoms with Gasteiger partial charge < -0.3 is 4.74 Å². The molecule has 3 nitrogen and oxygen atoms in total. The van der Waals surface area contributed by atoms with Crippen molar-refractivity contribution in [3.05, 3.63) is 30.1 Å². The summed E-state index contributed by atoms with van der Waals surface area (Å²) in [4.78, 5) is 14.7. The standard InChI is InChI=1S/C8H8NO2/c1-2-11-8(10)7-5-3-4-6-9-7/h3,5-6H,2H2,1H3. The molecule has 0 N–H and O–H groups in total. The molecule has 0 unspecified atom stereocenters. The Bertz CT molecular complexity index is 233. The van der Waals surface area contributed by atoms with Gasteiger partial charge in [-0.2, -0.15) is 0 Å². The Balaban J connectivity index is 2.69. The van der Waals surface area contributed by atoms with E-state index in [1.165, 1.54) is 6.20 Å². The van der Waals surface area contributed by atoms with Crippen molar-refractivity contribution in [1.29, 1.82) is 0 Å². The molecule has 0 aromatic carbocycles. The number of hydrogen-bond acceptors (Lipinski definition) is 3. The topological polar surface area (TPSA) is 39.2 Å². The van der Waals surface area contributed by atoms with Crippen LogP contribution in [0.1, 0.15) is 17.4 Å². The van der Waals surface area contributed by atoms with Crippen LogP contribution in [0.4, 0.5) is 0 Å². The van der Waals surface area contributed by atoms with Crippen LogP contribution in [0.25, 0.3) is 0 Å². The van der Waals surface area contributed by atoms with Gasteiger partial charge in [-0.1, -0.05) is 6.07 Å². The van der Waals surface area contributed by atoms with E-state index in [0.29, 0.717) is 12.3 Å². The Labute approximate surface area is 65.0 Å². The van der Waals surface area contributed by atoms with Gasteiger partial charge in [-0.15, -0.1) is 0 Å². The lowest BCUT2D eigenvalue weighted by Gasteiger charge is -1.98. The molecule has 57 valence electrons. The number of hydrogen-bond donors (Lipinski definition) is 0. The Morgan fingerprint density at radius 3 is 3.18 bits per heavy atom. The Hall–Kier alpha value is -1.38. The molecule has 0 bridgehead atoms. The summed E-state index contributed by atoms with van der Waals surface area (Å²) in [7, 11) is 0. The number of carbonyl (C=O) groups excluding carboxylic acids is 1. The first-order valence-electron chi connectivity index (χ1n) is 3.34. The molecule has 0 aliphatic carbocycles. The lowest BCUT2D eigenvalue weighted by atomic mass is 10.4. The monoisotopic (exact) mass is 150 g/mol. The predicted octanol–water partition coefficient (Wildman–Crippen LogP) is 1.06. The van der Waals surface area contributed by atoms with Crippen LogP contribution in [0.2, 0.25) is 0 Å². The molecule has 0 saturated heterocycles. The minimum atomic E-state index is -0.387. The third kappa shape index (κ3) is 2.04. The number of nitrogens with zero attached hydrogens (tertiary/aromatic N) is 1. The average Bonchev–Trinajstić information content (AvgIpc) is 2.07. The SMILES string of the molecule is CCOC(=O)c1cc[c]cn1. The van der Waals surface area contributed by atoms with Gasteiger partial charge in [0.15, 0.2) is 0 Å². The zero-order chi connectivity index (χ0) is 8.10. The molecule has 1 heterocycles. The normalized spacial score (nSPS) is 9.18. The van der Waals surface area contributed by atoms with Crippen LogP contribution in [0.15, 0.2) is 18.3 Å². The van der Waals surface area contributed by atoms with E-state index in [1.54, 1.807) is 19.1 Å². The zero-order valence-corrected chi connectivity index (χ0v) is 6.20. The van der Waals surface area contributed by atoms with Gasteiger partial charge >= 0.3 is 5.97 Å². The summed E-state index contributed by atoms with van der Waals surface area (Å²) in [6, 6.07) is 5.90. The highest BCUT2D eigenvalue weighted by Gasteiger charge is 2.04. The van der Waals surface area contributed by atoms with Crippen LogP contribution in [0, 0.1) is 6.07 Å². The highest BCUT2D eigenvalue weighted by Crippen LogP contribution is 1.95. The number of carbonyl (C=O) groups is 1. The highest BCUT2D eigenvalue weighted by molar-refractivity contribution is 5.86. The Morgan fingerprint density at radius 2 is 2.64 bits per heavy atom. The van der Waals surface area contributed by atoms with Crippen molar-refractivity contribution < 1.29 is 9.53 Å². The predicted molar refractivity (Wildman–Crippen MR) is 39.0 cm³/mol. The quantitative estimate of drug-likeness (QED) is 0.592. The van der Waals surface area contributed by atoms with Gasteiger partial charge in [0.25, 0.3) is 0 Å². The second kappa shape index (κ2) is 3.71. The number of esters is 1. The summed E-state index contributed by atoms with van der Waals surface area (Å²) in [5.74, 6) is -0.387. The van der Waals surface area contributed by atoms with Crippen LogP contribution < -0.4 is 0 Å². The van der Waals surface area contributed by atoms with Crippen molar-refractivity contribution in [3.8, 4) is 0 Å². The van der Waals surface area contributed by atoms with Gasteiger partial charge in [0.1, 0.15) is 5.69 Å². The molecule has 11 heavy (non-hydrogen) atoms. The second-order valence-corrected chi connectivity index (χ2v) is 1.86. The molecule has 0 fully saturated rings. The fourth-order valence-electron chi connectivity index (χ4n) is 0.646. The van der Waals surface area contributed by atoms with Crippen molar-refractivity contribution in [2.45, 2.75) is 6.92 Å². The molecular formula is C8H8NO2. The van der Waals surface area contributed by atoms with E-state index < -0.39 is 0 Å². The van der Waals surface area contributed by atoms with Crippen molar-refractivity contribution in [1.82, 2.24) is 4.98 Å². The van der Waals surface area contributed by atoms with Gasteiger partial charge in [-0.05, 0) is 13.0 Å². The van der Waals surface area contributed by atoms with Crippen molar-refractivity contribution >= 4 is 5.97 Å². The first-order chi connectivity index (χ1) is 5.34. The Morgan fingerprint density at radius 1 is 1.82 bits per heavy atom. The van der Waals surface area contributed by atoms with Crippen molar-refractivity contribution in [3.63, 3.8) is 0 Å². The van der Waals surface area contributed by atoms with Gasteiger partial charge in [0.05, 0.1) is 6.61 Å². The van der Waals surface area contributed by atoms with Crippen LogP contribution in [0.3, 0.4) is 0 Å². The molecule has 1 aromatic rings. The summed E-state index contributed by atoms with van der Waals surface area (Å²) >= 11 is 0. The molecule has 1 aromatic heterocycles. The highest BCUT2D eigenvalue weighted by atomic mass is 16.5. The molecule has 1 radical (unpaired) electrons. The van der Waals surface area contributed by atoms with E-state index in [4.69, 9.17) is 4.74 Å². The van der Waals surface area contributed by atoms with Gasteiger partial charge in [0, 0.05) is 12.3 Å². The minimum absolute atomic E-state index is 0.325. The number of pyridine rings is 1.